The molecule has 92 valence electrons. The number of hydrogen-bond acceptors (Lipinski definition) is 5. The molecule has 1 aliphatic heterocycles. The highest BCUT2D eigenvalue weighted by Gasteiger charge is 2.29. The van der Waals surface area contributed by atoms with Gasteiger partial charge in [0, 0.05) is 26.2 Å². The molecule has 0 radical (unpaired) electrons. The van der Waals surface area contributed by atoms with E-state index >= 15 is 0 Å². The van der Waals surface area contributed by atoms with Gasteiger partial charge in [-0.05, 0) is 0 Å². The van der Waals surface area contributed by atoms with E-state index in [0.717, 1.165) is 13.1 Å². The normalized spacial score (nSPS) is 23.8. The van der Waals surface area contributed by atoms with E-state index in [4.69, 9.17) is 5.73 Å². The number of nitrogens with zero attached hydrogens (tertiary/aromatic N) is 1. The van der Waals surface area contributed by atoms with Crippen molar-refractivity contribution >= 4 is 11.9 Å². The van der Waals surface area contributed by atoms with E-state index < -0.39 is 0 Å². The predicted octanol–water partition coefficient (Wildman–Crippen LogP) is -1.45. The first kappa shape index (κ1) is 12.9. The average molecular weight is 229 g/mol. The Kier molecular flexibility index (Phi) is 4.70. The molecule has 0 bridgehead atoms. The summed E-state index contributed by atoms with van der Waals surface area (Å²) in [4.78, 5) is 24.4. The van der Waals surface area contributed by atoms with E-state index in [9.17, 15) is 9.59 Å². The zero-order chi connectivity index (χ0) is 12.1. The molecule has 2 unspecified atom stereocenters. The third-order valence-electron chi connectivity index (χ3n) is 2.79. The molecule has 16 heavy (non-hydrogen) atoms. The van der Waals surface area contributed by atoms with E-state index in [0.29, 0.717) is 13.1 Å². The average Bonchev–Trinajstić information content (AvgIpc) is 2.28. The molecule has 2 atom stereocenters. The van der Waals surface area contributed by atoms with Crippen LogP contribution in [0.4, 0.5) is 0 Å². The second-order valence-corrected chi connectivity index (χ2v) is 4.04. The SMILES string of the molecule is COC(=O)C(C)CN1CCNCC1C(N)=O. The van der Waals surface area contributed by atoms with Crippen molar-refractivity contribution in [2.24, 2.45) is 11.7 Å². The number of nitrogens with one attached hydrogen (secondary N) is 1. The van der Waals surface area contributed by atoms with Crippen molar-refractivity contribution in [3.8, 4) is 0 Å². The highest BCUT2D eigenvalue weighted by Crippen LogP contribution is 2.08. The Labute approximate surface area is 95.1 Å². The lowest BCUT2D eigenvalue weighted by atomic mass is 10.1. The molecular weight excluding hydrogens is 210 g/mol. The van der Waals surface area contributed by atoms with Crippen molar-refractivity contribution in [3.05, 3.63) is 0 Å². The number of piperazine rings is 1. The zero-order valence-corrected chi connectivity index (χ0v) is 9.73. The summed E-state index contributed by atoms with van der Waals surface area (Å²) < 4.78 is 4.65. The van der Waals surface area contributed by atoms with Gasteiger partial charge in [-0.1, -0.05) is 6.92 Å². The molecule has 6 heteroatoms. The highest BCUT2D eigenvalue weighted by atomic mass is 16.5. The first-order valence-corrected chi connectivity index (χ1v) is 5.38. The van der Waals surface area contributed by atoms with Crippen molar-refractivity contribution in [2.45, 2.75) is 13.0 Å². The van der Waals surface area contributed by atoms with Gasteiger partial charge in [0.2, 0.25) is 5.91 Å². The molecule has 0 aromatic heterocycles. The van der Waals surface area contributed by atoms with Crippen LogP contribution in [0.5, 0.6) is 0 Å². The molecule has 1 rings (SSSR count). The minimum atomic E-state index is -0.357. The minimum absolute atomic E-state index is 0.245. The first-order chi connectivity index (χ1) is 7.56. The molecular formula is C10H19N3O3. The van der Waals surface area contributed by atoms with Gasteiger partial charge in [-0.3, -0.25) is 14.5 Å². The highest BCUT2D eigenvalue weighted by molar-refractivity contribution is 5.80. The Bertz CT molecular complexity index is 270. The Morgan fingerprint density at radius 2 is 2.31 bits per heavy atom. The Hall–Kier alpha value is -1.14. The molecule has 0 aliphatic carbocycles. The maximum Gasteiger partial charge on any atom is 0.309 e. The van der Waals surface area contributed by atoms with Gasteiger partial charge in [-0.15, -0.1) is 0 Å². The number of methoxy groups -OCH3 is 1. The standard InChI is InChI=1S/C10H19N3O3/c1-7(10(15)16-2)6-13-4-3-12-5-8(13)9(11)14/h7-8,12H,3-6H2,1-2H3,(H2,11,14). The van der Waals surface area contributed by atoms with Crippen LogP contribution >= 0.6 is 0 Å². The summed E-state index contributed by atoms with van der Waals surface area (Å²) in [6, 6.07) is -0.333. The molecule has 0 saturated carbocycles. The Morgan fingerprint density at radius 3 is 2.88 bits per heavy atom. The van der Waals surface area contributed by atoms with Gasteiger partial charge in [0.15, 0.2) is 0 Å². The van der Waals surface area contributed by atoms with Crippen molar-refractivity contribution < 1.29 is 14.3 Å². The second-order valence-electron chi connectivity index (χ2n) is 4.04. The Morgan fingerprint density at radius 1 is 1.62 bits per heavy atom. The van der Waals surface area contributed by atoms with Crippen LogP contribution in [0.25, 0.3) is 0 Å². The van der Waals surface area contributed by atoms with E-state index in [-0.39, 0.29) is 23.8 Å². The summed E-state index contributed by atoms with van der Waals surface area (Å²) in [7, 11) is 1.36. The van der Waals surface area contributed by atoms with Gasteiger partial charge in [-0.25, -0.2) is 0 Å². The van der Waals surface area contributed by atoms with E-state index in [1.165, 1.54) is 7.11 Å². The van der Waals surface area contributed by atoms with Crippen LogP contribution in [-0.4, -0.2) is 56.1 Å². The van der Waals surface area contributed by atoms with Crippen molar-refractivity contribution in [3.63, 3.8) is 0 Å². The van der Waals surface area contributed by atoms with Gasteiger partial charge in [0.1, 0.15) is 6.04 Å². The summed E-state index contributed by atoms with van der Waals surface area (Å²) in [6.07, 6.45) is 0. The lowest BCUT2D eigenvalue weighted by molar-refractivity contribution is -0.146. The first-order valence-electron chi connectivity index (χ1n) is 5.38. The second kappa shape index (κ2) is 5.81. The fourth-order valence-electron chi connectivity index (χ4n) is 1.87. The molecule has 3 N–H and O–H groups in total. The molecule has 1 heterocycles. The minimum Gasteiger partial charge on any atom is -0.469 e. The number of nitrogens with two attached hydrogens (primary N) is 1. The summed E-state index contributed by atoms with van der Waals surface area (Å²) in [5, 5.41) is 3.10. The van der Waals surface area contributed by atoms with Crippen molar-refractivity contribution in [2.75, 3.05) is 33.3 Å². The molecule has 1 fully saturated rings. The number of carbonyl (C=O) groups excluding carboxylic acids is 2. The topological polar surface area (TPSA) is 84.7 Å². The van der Waals surface area contributed by atoms with Crippen molar-refractivity contribution in [1.82, 2.24) is 10.2 Å². The number of rotatable bonds is 4. The van der Waals surface area contributed by atoms with Crippen LogP contribution in [0.15, 0.2) is 0 Å². The van der Waals surface area contributed by atoms with Crippen LogP contribution < -0.4 is 11.1 Å². The molecule has 0 spiro atoms. The number of hydrogen-bond donors (Lipinski definition) is 2. The maximum absolute atomic E-state index is 11.3. The lowest BCUT2D eigenvalue weighted by Crippen LogP contribution is -2.58. The third-order valence-corrected chi connectivity index (χ3v) is 2.79. The van der Waals surface area contributed by atoms with E-state index in [2.05, 4.69) is 10.1 Å². The summed E-state index contributed by atoms with van der Waals surface area (Å²) in [5.74, 6) is -0.865. The molecule has 1 saturated heterocycles. The van der Waals surface area contributed by atoms with Gasteiger partial charge in [0.25, 0.3) is 0 Å². The van der Waals surface area contributed by atoms with Gasteiger partial charge in [-0.2, -0.15) is 0 Å². The molecule has 1 amide bonds. The summed E-state index contributed by atoms with van der Waals surface area (Å²) in [6.45, 7) is 4.35. The van der Waals surface area contributed by atoms with Crippen molar-refractivity contribution in [1.29, 1.82) is 0 Å². The largest absolute Gasteiger partial charge is 0.469 e. The lowest BCUT2D eigenvalue weighted by Gasteiger charge is -2.35. The number of esters is 1. The third kappa shape index (κ3) is 3.18. The number of ether oxygens (including phenoxy) is 1. The fourth-order valence-corrected chi connectivity index (χ4v) is 1.87. The predicted molar refractivity (Wildman–Crippen MR) is 58.6 cm³/mol. The van der Waals surface area contributed by atoms with Gasteiger partial charge < -0.3 is 15.8 Å². The number of carbonyl (C=O) groups is 2. The van der Waals surface area contributed by atoms with Crippen LogP contribution in [0, 0.1) is 5.92 Å². The molecule has 1 aliphatic rings. The quantitative estimate of drug-likeness (QED) is 0.576. The number of primary amides is 1. The Balaban J connectivity index is 2.55. The van der Waals surface area contributed by atoms with Crippen LogP contribution in [0.1, 0.15) is 6.92 Å². The van der Waals surface area contributed by atoms with E-state index in [1.54, 1.807) is 6.92 Å². The molecule has 0 aromatic carbocycles. The number of amides is 1. The smallest absolute Gasteiger partial charge is 0.309 e. The van der Waals surface area contributed by atoms with Crippen LogP contribution in [-0.2, 0) is 14.3 Å². The molecule has 6 nitrogen and oxygen atoms in total. The van der Waals surface area contributed by atoms with E-state index in [1.807, 2.05) is 4.90 Å². The van der Waals surface area contributed by atoms with Gasteiger partial charge >= 0.3 is 5.97 Å². The van der Waals surface area contributed by atoms with Gasteiger partial charge in [0.05, 0.1) is 13.0 Å². The fraction of sp³-hybridized carbons (Fsp3) is 0.800. The monoisotopic (exact) mass is 229 g/mol. The summed E-state index contributed by atoms with van der Waals surface area (Å²) in [5.41, 5.74) is 5.31. The summed E-state index contributed by atoms with van der Waals surface area (Å²) >= 11 is 0. The molecule has 0 aromatic rings. The van der Waals surface area contributed by atoms with Crippen LogP contribution in [0.2, 0.25) is 0 Å². The zero-order valence-electron chi connectivity index (χ0n) is 9.73. The van der Waals surface area contributed by atoms with Crippen LogP contribution in [0.3, 0.4) is 0 Å². The maximum atomic E-state index is 11.3.